The van der Waals surface area contributed by atoms with E-state index in [0.29, 0.717) is 30.8 Å². The Morgan fingerprint density at radius 2 is 1.96 bits per heavy atom. The molecule has 0 aliphatic rings. The highest BCUT2D eigenvalue weighted by Gasteiger charge is 2.23. The lowest BCUT2D eigenvalue weighted by molar-refractivity contribution is -0.122. The molecule has 0 heterocycles. The largest absolute Gasteiger partial charge is 0.453 e. The molecule has 0 saturated heterocycles. The van der Waals surface area contributed by atoms with Gasteiger partial charge in [0.2, 0.25) is 5.91 Å². The van der Waals surface area contributed by atoms with Crippen LogP contribution in [0.4, 0.5) is 4.39 Å². The fourth-order valence-corrected chi connectivity index (χ4v) is 2.85. The predicted molar refractivity (Wildman–Crippen MR) is 106 cm³/mol. The Kier molecular flexibility index (Phi) is 8.03. The summed E-state index contributed by atoms with van der Waals surface area (Å²) in [7, 11) is 0. The Bertz CT molecular complexity index is 758. The van der Waals surface area contributed by atoms with Crippen molar-refractivity contribution in [3.63, 3.8) is 0 Å². The number of nitrogens with two attached hydrogens (primary N) is 1. The molecular weight excluding hydrogens is 369 g/mol. The number of para-hydroxylation sites is 1. The number of amides is 1. The SMILES string of the molecule is CCC(N[C@@H](C)C(=O)NCCN)c1ccc(Cl)c(Oc2ccccc2)c1F. The van der Waals surface area contributed by atoms with E-state index in [1.165, 1.54) is 0 Å². The van der Waals surface area contributed by atoms with Crippen LogP contribution in [0.2, 0.25) is 5.02 Å². The summed E-state index contributed by atoms with van der Waals surface area (Å²) in [5, 5.41) is 6.05. The molecule has 146 valence electrons. The quantitative estimate of drug-likeness (QED) is 0.606. The lowest BCUT2D eigenvalue weighted by Gasteiger charge is -2.23. The van der Waals surface area contributed by atoms with Gasteiger partial charge in [-0.3, -0.25) is 10.1 Å². The third-order valence-corrected chi connectivity index (χ3v) is 4.41. The van der Waals surface area contributed by atoms with E-state index in [2.05, 4.69) is 10.6 Å². The first-order chi connectivity index (χ1) is 13.0. The second-order valence-corrected chi connectivity index (χ2v) is 6.53. The number of hydrogen-bond donors (Lipinski definition) is 3. The van der Waals surface area contributed by atoms with Gasteiger partial charge in [0.25, 0.3) is 0 Å². The van der Waals surface area contributed by atoms with Gasteiger partial charge in [-0.2, -0.15) is 0 Å². The molecule has 0 aliphatic carbocycles. The summed E-state index contributed by atoms with van der Waals surface area (Å²) in [5.74, 6) is -0.263. The number of benzene rings is 2. The summed E-state index contributed by atoms with van der Waals surface area (Å²) >= 11 is 6.15. The van der Waals surface area contributed by atoms with Gasteiger partial charge in [-0.25, -0.2) is 4.39 Å². The molecule has 4 N–H and O–H groups in total. The molecule has 2 atom stereocenters. The summed E-state index contributed by atoms with van der Waals surface area (Å²) in [5.41, 5.74) is 5.79. The molecule has 5 nitrogen and oxygen atoms in total. The number of rotatable bonds is 9. The van der Waals surface area contributed by atoms with Crippen LogP contribution in [0, 0.1) is 5.82 Å². The van der Waals surface area contributed by atoms with Gasteiger partial charge in [0.15, 0.2) is 11.6 Å². The highest BCUT2D eigenvalue weighted by Crippen LogP contribution is 2.36. The maximum absolute atomic E-state index is 15.1. The minimum atomic E-state index is -0.541. The molecular formula is C20H25ClFN3O2. The molecule has 27 heavy (non-hydrogen) atoms. The highest BCUT2D eigenvalue weighted by atomic mass is 35.5. The Hall–Kier alpha value is -2.15. The Morgan fingerprint density at radius 3 is 2.59 bits per heavy atom. The second-order valence-electron chi connectivity index (χ2n) is 6.12. The molecule has 7 heteroatoms. The average molecular weight is 394 g/mol. The van der Waals surface area contributed by atoms with E-state index in [4.69, 9.17) is 22.1 Å². The summed E-state index contributed by atoms with van der Waals surface area (Å²) in [6.45, 7) is 4.39. The van der Waals surface area contributed by atoms with Crippen molar-refractivity contribution in [1.29, 1.82) is 0 Å². The van der Waals surface area contributed by atoms with Gasteiger partial charge in [-0.05, 0) is 31.5 Å². The average Bonchev–Trinajstić information content (AvgIpc) is 2.68. The molecule has 0 radical (unpaired) electrons. The van der Waals surface area contributed by atoms with Crippen LogP contribution in [0.3, 0.4) is 0 Å². The second kappa shape index (κ2) is 10.3. The number of carbonyl (C=O) groups excluding carboxylic acids is 1. The normalized spacial score (nSPS) is 13.1. The molecule has 0 fully saturated rings. The molecule has 1 unspecified atom stereocenters. The number of carbonyl (C=O) groups is 1. The number of ether oxygens (including phenoxy) is 1. The molecule has 0 aromatic heterocycles. The molecule has 2 aromatic rings. The van der Waals surface area contributed by atoms with Gasteiger partial charge in [0, 0.05) is 24.7 Å². The molecule has 0 aliphatic heterocycles. The first kappa shape index (κ1) is 21.2. The minimum Gasteiger partial charge on any atom is -0.453 e. The van der Waals surface area contributed by atoms with Crippen LogP contribution in [0.15, 0.2) is 42.5 Å². The van der Waals surface area contributed by atoms with Crippen LogP contribution in [0.1, 0.15) is 31.9 Å². The summed E-state index contributed by atoms with van der Waals surface area (Å²) in [6.07, 6.45) is 0.581. The Balaban J connectivity index is 2.22. The first-order valence-electron chi connectivity index (χ1n) is 8.92. The smallest absolute Gasteiger partial charge is 0.236 e. The Morgan fingerprint density at radius 1 is 1.26 bits per heavy atom. The van der Waals surface area contributed by atoms with Crippen LogP contribution < -0.4 is 21.1 Å². The summed E-state index contributed by atoms with van der Waals surface area (Å²) in [6, 6.07) is 11.2. The van der Waals surface area contributed by atoms with Gasteiger partial charge in [-0.1, -0.05) is 42.8 Å². The number of halogens is 2. The van der Waals surface area contributed by atoms with Crippen molar-refractivity contribution < 1.29 is 13.9 Å². The number of hydrogen-bond acceptors (Lipinski definition) is 4. The van der Waals surface area contributed by atoms with E-state index in [1.807, 2.05) is 13.0 Å². The number of nitrogens with one attached hydrogen (secondary N) is 2. The molecule has 0 bridgehead atoms. The van der Waals surface area contributed by atoms with Gasteiger partial charge < -0.3 is 15.8 Å². The monoisotopic (exact) mass is 393 g/mol. The lowest BCUT2D eigenvalue weighted by Crippen LogP contribution is -2.45. The van der Waals surface area contributed by atoms with Crippen molar-refractivity contribution in [2.75, 3.05) is 13.1 Å². The zero-order valence-electron chi connectivity index (χ0n) is 15.5. The van der Waals surface area contributed by atoms with E-state index in [1.54, 1.807) is 43.3 Å². The fourth-order valence-electron chi connectivity index (χ4n) is 2.67. The van der Waals surface area contributed by atoms with E-state index < -0.39 is 11.9 Å². The van der Waals surface area contributed by atoms with Crippen LogP contribution in [-0.2, 0) is 4.79 Å². The molecule has 0 spiro atoms. The van der Waals surface area contributed by atoms with E-state index in [9.17, 15) is 4.79 Å². The van der Waals surface area contributed by atoms with Crippen molar-refractivity contribution in [2.45, 2.75) is 32.4 Å². The predicted octanol–water partition coefficient (Wildman–Crippen LogP) is 3.78. The minimum absolute atomic E-state index is 0.0270. The topological polar surface area (TPSA) is 76.4 Å². The van der Waals surface area contributed by atoms with Crippen LogP contribution in [0.5, 0.6) is 11.5 Å². The molecule has 1 amide bonds. The van der Waals surface area contributed by atoms with Crippen molar-refractivity contribution in [3.8, 4) is 11.5 Å². The van der Waals surface area contributed by atoms with Crippen LogP contribution in [-0.4, -0.2) is 25.0 Å². The van der Waals surface area contributed by atoms with Gasteiger partial charge in [0.1, 0.15) is 5.75 Å². The zero-order chi connectivity index (χ0) is 19.8. The van der Waals surface area contributed by atoms with Crippen LogP contribution in [0.25, 0.3) is 0 Å². The summed E-state index contributed by atoms with van der Waals surface area (Å²) in [4.78, 5) is 12.1. The standard InChI is InChI=1S/C20H25ClFN3O2/c1-3-17(25-13(2)20(26)24-12-11-23)15-9-10-16(21)19(18(15)22)27-14-7-5-4-6-8-14/h4-10,13,17,25H,3,11-12,23H2,1-2H3,(H,24,26)/t13-,17?/m0/s1. The van der Waals surface area contributed by atoms with E-state index in [-0.39, 0.29) is 22.7 Å². The molecule has 0 saturated carbocycles. The van der Waals surface area contributed by atoms with Crippen molar-refractivity contribution >= 4 is 17.5 Å². The van der Waals surface area contributed by atoms with Gasteiger partial charge in [0.05, 0.1) is 11.1 Å². The Labute approximate surface area is 164 Å². The van der Waals surface area contributed by atoms with Crippen molar-refractivity contribution in [2.24, 2.45) is 5.73 Å². The lowest BCUT2D eigenvalue weighted by atomic mass is 10.0. The summed E-state index contributed by atoms with van der Waals surface area (Å²) < 4.78 is 20.8. The maximum Gasteiger partial charge on any atom is 0.236 e. The van der Waals surface area contributed by atoms with Crippen molar-refractivity contribution in [3.05, 3.63) is 58.9 Å². The van der Waals surface area contributed by atoms with Crippen LogP contribution >= 0.6 is 11.6 Å². The van der Waals surface area contributed by atoms with Gasteiger partial charge >= 0.3 is 0 Å². The first-order valence-corrected chi connectivity index (χ1v) is 9.30. The van der Waals surface area contributed by atoms with E-state index >= 15 is 4.39 Å². The van der Waals surface area contributed by atoms with E-state index in [0.717, 1.165) is 0 Å². The maximum atomic E-state index is 15.1. The highest BCUT2D eigenvalue weighted by molar-refractivity contribution is 6.32. The van der Waals surface area contributed by atoms with Crippen molar-refractivity contribution in [1.82, 2.24) is 10.6 Å². The molecule has 2 rings (SSSR count). The third kappa shape index (κ3) is 5.66. The zero-order valence-corrected chi connectivity index (χ0v) is 16.2. The molecule has 2 aromatic carbocycles. The fraction of sp³-hybridized carbons (Fsp3) is 0.350. The van der Waals surface area contributed by atoms with Gasteiger partial charge in [-0.15, -0.1) is 0 Å². The third-order valence-electron chi connectivity index (χ3n) is 4.11.